The molecule has 0 saturated heterocycles. The van der Waals surface area contributed by atoms with Crippen LogP contribution in [0.3, 0.4) is 0 Å². The zero-order valence-corrected chi connectivity index (χ0v) is 12.7. The number of unbranched alkanes of at least 4 members (excludes halogenated alkanes) is 3. The lowest BCUT2D eigenvalue weighted by Gasteiger charge is -2.14. The normalized spacial score (nSPS) is 10.9. The van der Waals surface area contributed by atoms with E-state index in [4.69, 9.17) is 4.74 Å². The SMILES string of the molecule is CCCCCCOc1ccc(Br)cc1C(C)C. The van der Waals surface area contributed by atoms with Gasteiger partial charge in [-0.05, 0) is 36.1 Å². The summed E-state index contributed by atoms with van der Waals surface area (Å²) < 4.78 is 7.00. The molecule has 96 valence electrons. The molecule has 0 aromatic heterocycles. The van der Waals surface area contributed by atoms with Crippen molar-refractivity contribution >= 4 is 15.9 Å². The van der Waals surface area contributed by atoms with Crippen molar-refractivity contribution in [1.29, 1.82) is 0 Å². The van der Waals surface area contributed by atoms with Crippen LogP contribution in [-0.2, 0) is 0 Å². The highest BCUT2D eigenvalue weighted by Crippen LogP contribution is 2.29. The van der Waals surface area contributed by atoms with Gasteiger partial charge in [0, 0.05) is 4.47 Å². The van der Waals surface area contributed by atoms with E-state index < -0.39 is 0 Å². The van der Waals surface area contributed by atoms with E-state index in [1.807, 2.05) is 6.07 Å². The lowest BCUT2D eigenvalue weighted by Crippen LogP contribution is -2.01. The highest BCUT2D eigenvalue weighted by molar-refractivity contribution is 9.10. The first-order valence-electron chi connectivity index (χ1n) is 6.57. The van der Waals surface area contributed by atoms with Crippen molar-refractivity contribution in [2.75, 3.05) is 6.61 Å². The fourth-order valence-electron chi connectivity index (χ4n) is 1.81. The molecule has 1 aromatic carbocycles. The summed E-state index contributed by atoms with van der Waals surface area (Å²) in [5.41, 5.74) is 1.29. The van der Waals surface area contributed by atoms with E-state index in [2.05, 4.69) is 48.8 Å². The van der Waals surface area contributed by atoms with E-state index in [1.54, 1.807) is 0 Å². The van der Waals surface area contributed by atoms with E-state index in [1.165, 1.54) is 24.8 Å². The van der Waals surface area contributed by atoms with E-state index in [9.17, 15) is 0 Å². The van der Waals surface area contributed by atoms with Crippen molar-refractivity contribution in [1.82, 2.24) is 0 Å². The summed E-state index contributed by atoms with van der Waals surface area (Å²) in [7, 11) is 0. The zero-order valence-electron chi connectivity index (χ0n) is 11.1. The summed E-state index contributed by atoms with van der Waals surface area (Å²) in [4.78, 5) is 0. The van der Waals surface area contributed by atoms with Crippen molar-refractivity contribution < 1.29 is 4.74 Å². The van der Waals surface area contributed by atoms with Crippen LogP contribution in [0, 0.1) is 0 Å². The number of ether oxygens (including phenoxy) is 1. The van der Waals surface area contributed by atoms with Crippen LogP contribution in [0.5, 0.6) is 5.75 Å². The average Bonchev–Trinajstić information content (AvgIpc) is 2.30. The topological polar surface area (TPSA) is 9.23 Å². The van der Waals surface area contributed by atoms with Gasteiger partial charge in [0.05, 0.1) is 6.61 Å². The van der Waals surface area contributed by atoms with E-state index >= 15 is 0 Å². The Balaban J connectivity index is 2.52. The molecule has 0 bridgehead atoms. The van der Waals surface area contributed by atoms with Gasteiger partial charge in [0.2, 0.25) is 0 Å². The number of rotatable bonds is 7. The molecule has 0 aliphatic heterocycles. The molecule has 1 aromatic rings. The van der Waals surface area contributed by atoms with Gasteiger partial charge in [-0.3, -0.25) is 0 Å². The third-order valence-corrected chi connectivity index (χ3v) is 3.34. The standard InChI is InChI=1S/C15H23BrO/c1-4-5-6-7-10-17-15-9-8-13(16)11-14(15)12(2)3/h8-9,11-12H,4-7,10H2,1-3H3. The Bertz CT molecular complexity index is 334. The highest BCUT2D eigenvalue weighted by atomic mass is 79.9. The van der Waals surface area contributed by atoms with Gasteiger partial charge in [-0.25, -0.2) is 0 Å². The smallest absolute Gasteiger partial charge is 0.122 e. The van der Waals surface area contributed by atoms with Gasteiger partial charge in [-0.2, -0.15) is 0 Å². The molecule has 0 spiro atoms. The molecule has 0 N–H and O–H groups in total. The molecule has 17 heavy (non-hydrogen) atoms. The van der Waals surface area contributed by atoms with Crippen LogP contribution >= 0.6 is 15.9 Å². The molecule has 1 nitrogen and oxygen atoms in total. The number of benzene rings is 1. The quantitative estimate of drug-likeness (QED) is 0.601. The van der Waals surface area contributed by atoms with Gasteiger partial charge >= 0.3 is 0 Å². The van der Waals surface area contributed by atoms with Gasteiger partial charge in [0.1, 0.15) is 5.75 Å². The summed E-state index contributed by atoms with van der Waals surface area (Å²) >= 11 is 3.51. The van der Waals surface area contributed by atoms with E-state index in [-0.39, 0.29) is 0 Å². The third-order valence-electron chi connectivity index (χ3n) is 2.85. The molecule has 0 unspecified atom stereocenters. The van der Waals surface area contributed by atoms with Crippen molar-refractivity contribution in [3.8, 4) is 5.75 Å². The predicted octanol–water partition coefficient (Wildman–Crippen LogP) is 5.53. The van der Waals surface area contributed by atoms with E-state index in [0.717, 1.165) is 23.2 Å². The minimum absolute atomic E-state index is 0.498. The lowest BCUT2D eigenvalue weighted by atomic mass is 10.0. The van der Waals surface area contributed by atoms with Crippen molar-refractivity contribution in [3.63, 3.8) is 0 Å². The van der Waals surface area contributed by atoms with Gasteiger partial charge in [-0.15, -0.1) is 0 Å². The molecule has 0 radical (unpaired) electrons. The summed E-state index contributed by atoms with van der Waals surface area (Å²) in [6.45, 7) is 7.46. The van der Waals surface area contributed by atoms with Gasteiger partial charge in [0.15, 0.2) is 0 Å². The van der Waals surface area contributed by atoms with Crippen LogP contribution in [0.4, 0.5) is 0 Å². The Morgan fingerprint density at radius 3 is 2.59 bits per heavy atom. The zero-order chi connectivity index (χ0) is 12.7. The number of hydrogen-bond acceptors (Lipinski definition) is 1. The molecule has 2 heteroatoms. The second kappa shape index (κ2) is 7.75. The molecular weight excluding hydrogens is 276 g/mol. The van der Waals surface area contributed by atoms with Crippen molar-refractivity contribution in [3.05, 3.63) is 28.2 Å². The van der Waals surface area contributed by atoms with Crippen molar-refractivity contribution in [2.24, 2.45) is 0 Å². The number of hydrogen-bond donors (Lipinski definition) is 0. The summed E-state index contributed by atoms with van der Waals surface area (Å²) in [5.74, 6) is 1.54. The van der Waals surface area contributed by atoms with Crippen molar-refractivity contribution in [2.45, 2.75) is 52.4 Å². The Labute approximate surface area is 114 Å². The average molecular weight is 299 g/mol. The third kappa shape index (κ3) is 5.12. The second-order valence-electron chi connectivity index (χ2n) is 4.75. The summed E-state index contributed by atoms with van der Waals surface area (Å²) in [5, 5.41) is 0. The van der Waals surface area contributed by atoms with Crippen LogP contribution in [0.25, 0.3) is 0 Å². The molecule has 0 aliphatic carbocycles. The summed E-state index contributed by atoms with van der Waals surface area (Å²) in [6, 6.07) is 6.28. The number of halogens is 1. The maximum Gasteiger partial charge on any atom is 0.122 e. The van der Waals surface area contributed by atoms with Gasteiger partial charge in [-0.1, -0.05) is 56.0 Å². The van der Waals surface area contributed by atoms with Crippen LogP contribution in [0.1, 0.15) is 57.9 Å². The molecule has 0 saturated carbocycles. The largest absolute Gasteiger partial charge is 0.493 e. The minimum Gasteiger partial charge on any atom is -0.493 e. The molecule has 0 atom stereocenters. The molecule has 0 amide bonds. The fourth-order valence-corrected chi connectivity index (χ4v) is 2.19. The lowest BCUT2D eigenvalue weighted by molar-refractivity contribution is 0.301. The van der Waals surface area contributed by atoms with Gasteiger partial charge < -0.3 is 4.74 Å². The Kier molecular flexibility index (Phi) is 6.64. The molecule has 1 rings (SSSR count). The molecule has 0 aliphatic rings. The van der Waals surface area contributed by atoms with Crippen LogP contribution in [-0.4, -0.2) is 6.61 Å². The van der Waals surface area contributed by atoms with Crippen LogP contribution < -0.4 is 4.74 Å². The monoisotopic (exact) mass is 298 g/mol. The fraction of sp³-hybridized carbons (Fsp3) is 0.600. The minimum atomic E-state index is 0.498. The second-order valence-corrected chi connectivity index (χ2v) is 5.66. The Morgan fingerprint density at radius 2 is 1.94 bits per heavy atom. The Hall–Kier alpha value is -0.500. The molecule has 0 heterocycles. The first-order valence-corrected chi connectivity index (χ1v) is 7.36. The predicted molar refractivity (Wildman–Crippen MR) is 77.9 cm³/mol. The maximum atomic E-state index is 5.88. The first-order chi connectivity index (χ1) is 8.15. The summed E-state index contributed by atoms with van der Waals surface area (Å²) in [6.07, 6.45) is 5.00. The Morgan fingerprint density at radius 1 is 1.18 bits per heavy atom. The first kappa shape index (κ1) is 14.6. The highest BCUT2D eigenvalue weighted by Gasteiger charge is 2.08. The molecular formula is C15H23BrO. The van der Waals surface area contributed by atoms with Crippen LogP contribution in [0.2, 0.25) is 0 Å². The maximum absolute atomic E-state index is 5.88. The van der Waals surface area contributed by atoms with E-state index in [0.29, 0.717) is 5.92 Å². The van der Waals surface area contributed by atoms with Gasteiger partial charge in [0.25, 0.3) is 0 Å². The van der Waals surface area contributed by atoms with Crippen LogP contribution in [0.15, 0.2) is 22.7 Å². The molecule has 0 fully saturated rings.